The smallest absolute Gasteiger partial charge is 0.228 e. The van der Waals surface area contributed by atoms with E-state index in [0.29, 0.717) is 0 Å². The first kappa shape index (κ1) is 13.1. The number of benzene rings is 1. The Kier molecular flexibility index (Phi) is 3.69. The quantitative estimate of drug-likeness (QED) is 0.752. The number of nitrogens with one attached hydrogen (secondary N) is 3. The molecule has 0 bridgehead atoms. The number of carbonyl (C=O) groups excluding carboxylic acids is 2. The van der Waals surface area contributed by atoms with Gasteiger partial charge in [-0.1, -0.05) is 18.2 Å². The maximum atomic E-state index is 12.5. The molecular weight excluding hydrogens is 254 g/mol. The van der Waals surface area contributed by atoms with E-state index in [1.165, 1.54) is 0 Å². The lowest BCUT2D eigenvalue weighted by Crippen LogP contribution is -2.47. The van der Waals surface area contributed by atoms with Gasteiger partial charge in [0.05, 0.1) is 5.92 Å². The molecule has 2 aliphatic heterocycles. The maximum absolute atomic E-state index is 12.5. The molecule has 1 fully saturated rings. The van der Waals surface area contributed by atoms with Crippen molar-refractivity contribution in [2.75, 3.05) is 18.4 Å². The maximum Gasteiger partial charge on any atom is 0.228 e. The van der Waals surface area contributed by atoms with Gasteiger partial charge in [0.2, 0.25) is 11.8 Å². The summed E-state index contributed by atoms with van der Waals surface area (Å²) in [6.45, 7) is 1.83. The van der Waals surface area contributed by atoms with Crippen LogP contribution in [0.15, 0.2) is 24.3 Å². The van der Waals surface area contributed by atoms with Crippen LogP contribution in [0.1, 0.15) is 30.7 Å². The van der Waals surface area contributed by atoms with Crippen molar-refractivity contribution in [3.05, 3.63) is 29.8 Å². The Balaban J connectivity index is 1.75. The zero-order valence-electron chi connectivity index (χ0n) is 11.3. The van der Waals surface area contributed by atoms with E-state index in [9.17, 15) is 9.59 Å². The molecule has 5 heteroatoms. The molecule has 3 rings (SSSR count). The van der Waals surface area contributed by atoms with Gasteiger partial charge in [-0.05, 0) is 31.0 Å². The normalized spacial score (nSPS) is 25.5. The first-order valence-corrected chi connectivity index (χ1v) is 7.14. The molecule has 0 spiro atoms. The van der Waals surface area contributed by atoms with Gasteiger partial charge in [0.15, 0.2) is 0 Å². The zero-order valence-corrected chi connectivity index (χ0v) is 11.3. The lowest BCUT2D eigenvalue weighted by atomic mass is 9.89. The minimum absolute atomic E-state index is 0.0407. The number of carbonyl (C=O) groups is 2. The van der Waals surface area contributed by atoms with Gasteiger partial charge in [-0.15, -0.1) is 0 Å². The lowest BCUT2D eigenvalue weighted by Gasteiger charge is -2.29. The van der Waals surface area contributed by atoms with Gasteiger partial charge in [0.25, 0.3) is 0 Å². The van der Waals surface area contributed by atoms with Crippen molar-refractivity contribution in [3.63, 3.8) is 0 Å². The molecule has 1 aromatic carbocycles. The van der Waals surface area contributed by atoms with Gasteiger partial charge >= 0.3 is 0 Å². The zero-order chi connectivity index (χ0) is 13.9. The Bertz CT molecular complexity index is 524. The van der Waals surface area contributed by atoms with Crippen LogP contribution in [-0.2, 0) is 9.59 Å². The molecule has 1 unspecified atom stereocenters. The van der Waals surface area contributed by atoms with Crippen LogP contribution < -0.4 is 16.0 Å². The standard InChI is InChI=1S/C15H19N3O2/c19-14-8-12(11-5-1-2-6-13(11)18-14)15(20)17-10-4-3-7-16-9-10/h1-2,5-6,10,12,16H,3-4,7-9H2,(H,17,20)(H,18,19)/t10-,12?/m0/s1. The average Bonchev–Trinajstić information content (AvgIpc) is 2.47. The molecule has 2 amide bonds. The summed E-state index contributed by atoms with van der Waals surface area (Å²) in [5.74, 6) is -0.506. The fraction of sp³-hybridized carbons (Fsp3) is 0.467. The van der Waals surface area contributed by atoms with Crippen molar-refractivity contribution in [1.82, 2.24) is 10.6 Å². The summed E-state index contributed by atoms with van der Waals surface area (Å²) in [7, 11) is 0. The van der Waals surface area contributed by atoms with Crippen molar-refractivity contribution in [2.24, 2.45) is 0 Å². The molecule has 2 heterocycles. The van der Waals surface area contributed by atoms with Gasteiger partial charge in [0, 0.05) is 24.7 Å². The van der Waals surface area contributed by atoms with Crippen LogP contribution in [-0.4, -0.2) is 30.9 Å². The second kappa shape index (κ2) is 5.63. The van der Waals surface area contributed by atoms with Gasteiger partial charge in [-0.3, -0.25) is 9.59 Å². The summed E-state index contributed by atoms with van der Waals surface area (Å²) < 4.78 is 0. The first-order valence-electron chi connectivity index (χ1n) is 7.14. The Hall–Kier alpha value is -1.88. The Morgan fingerprint density at radius 3 is 2.95 bits per heavy atom. The third-order valence-corrected chi connectivity index (χ3v) is 3.96. The van der Waals surface area contributed by atoms with E-state index < -0.39 is 0 Å². The lowest BCUT2D eigenvalue weighted by molar-refractivity contribution is -0.127. The van der Waals surface area contributed by atoms with E-state index >= 15 is 0 Å². The summed E-state index contributed by atoms with van der Waals surface area (Å²) in [6, 6.07) is 7.70. The monoisotopic (exact) mass is 273 g/mol. The molecule has 0 aromatic heterocycles. The molecular formula is C15H19N3O2. The van der Waals surface area contributed by atoms with Crippen molar-refractivity contribution in [1.29, 1.82) is 0 Å². The average molecular weight is 273 g/mol. The summed E-state index contributed by atoms with van der Waals surface area (Å²) >= 11 is 0. The van der Waals surface area contributed by atoms with Crippen LogP contribution in [0.4, 0.5) is 5.69 Å². The van der Waals surface area contributed by atoms with E-state index in [2.05, 4.69) is 16.0 Å². The highest BCUT2D eigenvalue weighted by Crippen LogP contribution is 2.32. The van der Waals surface area contributed by atoms with Crippen molar-refractivity contribution in [2.45, 2.75) is 31.2 Å². The number of hydrogen-bond donors (Lipinski definition) is 3. The van der Waals surface area contributed by atoms with Crippen molar-refractivity contribution in [3.8, 4) is 0 Å². The fourth-order valence-corrected chi connectivity index (χ4v) is 2.92. The topological polar surface area (TPSA) is 70.2 Å². The van der Waals surface area contributed by atoms with Crippen molar-refractivity contribution < 1.29 is 9.59 Å². The van der Waals surface area contributed by atoms with Gasteiger partial charge in [-0.2, -0.15) is 0 Å². The summed E-state index contributed by atoms with van der Waals surface area (Å²) in [5, 5.41) is 9.16. The summed E-state index contributed by atoms with van der Waals surface area (Å²) in [5.41, 5.74) is 1.67. The molecule has 2 atom stereocenters. The second-order valence-electron chi connectivity index (χ2n) is 5.44. The van der Waals surface area contributed by atoms with Gasteiger partial charge in [0.1, 0.15) is 0 Å². The summed E-state index contributed by atoms with van der Waals surface area (Å²) in [6.07, 6.45) is 2.30. The molecule has 3 N–H and O–H groups in total. The van der Waals surface area contributed by atoms with Crippen LogP contribution >= 0.6 is 0 Å². The predicted molar refractivity (Wildman–Crippen MR) is 76.5 cm³/mol. The van der Waals surface area contributed by atoms with E-state index in [0.717, 1.165) is 37.2 Å². The molecule has 0 radical (unpaired) electrons. The molecule has 1 aromatic rings. The number of para-hydroxylation sites is 1. The molecule has 1 saturated heterocycles. The highest BCUT2D eigenvalue weighted by molar-refractivity contribution is 6.01. The second-order valence-corrected chi connectivity index (χ2v) is 5.44. The van der Waals surface area contributed by atoms with Crippen LogP contribution in [0.25, 0.3) is 0 Å². The van der Waals surface area contributed by atoms with Crippen LogP contribution in [0.5, 0.6) is 0 Å². The minimum atomic E-state index is -0.373. The van der Waals surface area contributed by atoms with E-state index in [1.54, 1.807) is 0 Å². The van der Waals surface area contributed by atoms with Gasteiger partial charge < -0.3 is 16.0 Å². The largest absolute Gasteiger partial charge is 0.352 e. The first-order chi connectivity index (χ1) is 9.74. The molecule has 2 aliphatic rings. The highest BCUT2D eigenvalue weighted by atomic mass is 16.2. The molecule has 20 heavy (non-hydrogen) atoms. The molecule has 0 aliphatic carbocycles. The third kappa shape index (κ3) is 2.67. The fourth-order valence-electron chi connectivity index (χ4n) is 2.92. The Morgan fingerprint density at radius 2 is 2.15 bits per heavy atom. The summed E-state index contributed by atoms with van der Waals surface area (Å²) in [4.78, 5) is 24.2. The molecule has 5 nitrogen and oxygen atoms in total. The van der Waals surface area contributed by atoms with Crippen LogP contribution in [0.3, 0.4) is 0 Å². The number of amides is 2. The number of fused-ring (bicyclic) bond motifs is 1. The minimum Gasteiger partial charge on any atom is -0.352 e. The molecule has 106 valence electrons. The van der Waals surface area contributed by atoms with Crippen LogP contribution in [0, 0.1) is 0 Å². The highest BCUT2D eigenvalue weighted by Gasteiger charge is 2.31. The van der Waals surface area contributed by atoms with Crippen LogP contribution in [0.2, 0.25) is 0 Å². The van der Waals surface area contributed by atoms with E-state index in [1.807, 2.05) is 24.3 Å². The van der Waals surface area contributed by atoms with E-state index in [-0.39, 0.29) is 30.2 Å². The van der Waals surface area contributed by atoms with Crippen molar-refractivity contribution >= 4 is 17.5 Å². The number of piperidine rings is 1. The van der Waals surface area contributed by atoms with E-state index in [4.69, 9.17) is 0 Å². The Morgan fingerprint density at radius 1 is 1.30 bits per heavy atom. The van der Waals surface area contributed by atoms with Gasteiger partial charge in [-0.25, -0.2) is 0 Å². The Labute approximate surface area is 118 Å². The third-order valence-electron chi connectivity index (χ3n) is 3.96. The SMILES string of the molecule is O=C1CC(C(=O)N[C@H]2CCCNC2)c2ccccc2N1. The number of hydrogen-bond acceptors (Lipinski definition) is 3. The predicted octanol–water partition coefficient (Wildman–Crippen LogP) is 0.981. The number of rotatable bonds is 2. The molecule has 0 saturated carbocycles. The number of anilines is 1.